The molecule has 1 aromatic carbocycles. The topological polar surface area (TPSA) is 32.6 Å². The number of hydrogen-bond acceptors (Lipinski definition) is 2. The second-order valence-corrected chi connectivity index (χ2v) is 5.14. The van der Waals surface area contributed by atoms with Gasteiger partial charge in [-0.05, 0) is 30.7 Å². The van der Waals surface area contributed by atoms with Crippen molar-refractivity contribution in [3.63, 3.8) is 0 Å². The standard InChI is InChI=1S/C16H20NO.Yb/c1-11-8-14(9-12(11)2)17-16-7-5-4-6-15(16)13(3)10-18;/h4-7,10-11,18H,8-9H2,1-3H3;/q-1;. The Labute approximate surface area is 154 Å². The number of aliphatic hydroxyl groups excluding tert-OH is 1. The number of rotatable bonds is 2. The van der Waals surface area contributed by atoms with Crippen molar-refractivity contribution in [3.05, 3.63) is 42.0 Å². The van der Waals surface area contributed by atoms with Gasteiger partial charge in [0.15, 0.2) is 0 Å². The monoisotopic (exact) mass is 416 g/mol. The van der Waals surface area contributed by atoms with E-state index < -0.39 is 0 Å². The number of para-hydroxylation sites is 1. The number of allylic oxidation sites excluding steroid dienone is 1. The van der Waals surface area contributed by atoms with Crippen LogP contribution in [0.1, 0.15) is 39.2 Å². The van der Waals surface area contributed by atoms with Crippen LogP contribution < -0.4 is 0 Å². The zero-order valence-corrected chi connectivity index (χ0v) is 13.3. The SMILES string of the molecule is CC(=CO)c1ccccc1N=C1C[C-](C)C(C)C1.[Yb]. The summed E-state index contributed by atoms with van der Waals surface area (Å²) >= 11 is 0. The summed E-state index contributed by atoms with van der Waals surface area (Å²) in [5.74, 6) is 2.16. The van der Waals surface area contributed by atoms with E-state index in [2.05, 4.69) is 13.8 Å². The molecule has 0 aromatic heterocycles. The molecule has 19 heavy (non-hydrogen) atoms. The molecule has 0 amide bonds. The maximum absolute atomic E-state index is 9.14. The molecule has 3 heteroatoms. The Morgan fingerprint density at radius 1 is 1.42 bits per heavy atom. The normalized spacial score (nSPS) is 22.6. The fourth-order valence-electron chi connectivity index (χ4n) is 2.33. The summed E-state index contributed by atoms with van der Waals surface area (Å²) in [6.45, 7) is 6.36. The summed E-state index contributed by atoms with van der Waals surface area (Å²) in [5.41, 5.74) is 4.06. The molecule has 0 saturated heterocycles. The van der Waals surface area contributed by atoms with E-state index in [4.69, 9.17) is 10.1 Å². The molecule has 1 N–H and O–H groups in total. The molecule has 0 aliphatic heterocycles. The Kier molecular flexibility index (Phi) is 6.85. The van der Waals surface area contributed by atoms with Gasteiger partial charge in [-0.3, -0.25) is 4.99 Å². The Balaban J connectivity index is 0.00000180. The molecular weight excluding hydrogens is 395 g/mol. The van der Waals surface area contributed by atoms with E-state index in [1.807, 2.05) is 31.2 Å². The summed E-state index contributed by atoms with van der Waals surface area (Å²) in [6, 6.07) is 7.97. The van der Waals surface area contributed by atoms with E-state index in [-0.39, 0.29) is 46.9 Å². The van der Waals surface area contributed by atoms with Gasteiger partial charge >= 0.3 is 0 Å². The van der Waals surface area contributed by atoms with Crippen LogP contribution in [0.15, 0.2) is 35.5 Å². The maximum atomic E-state index is 9.14. The van der Waals surface area contributed by atoms with Crippen molar-refractivity contribution in [1.82, 2.24) is 0 Å². The van der Waals surface area contributed by atoms with Crippen LogP contribution >= 0.6 is 0 Å². The van der Waals surface area contributed by atoms with Gasteiger partial charge in [0.1, 0.15) is 0 Å². The molecule has 1 atom stereocenters. The zero-order valence-electron chi connectivity index (χ0n) is 11.5. The molecule has 1 fully saturated rings. The van der Waals surface area contributed by atoms with E-state index in [1.165, 1.54) is 11.6 Å². The van der Waals surface area contributed by atoms with Gasteiger partial charge in [0.25, 0.3) is 0 Å². The molecule has 0 bridgehead atoms. The molecule has 1 saturated carbocycles. The van der Waals surface area contributed by atoms with Crippen LogP contribution in [0, 0.1) is 58.8 Å². The van der Waals surface area contributed by atoms with E-state index in [9.17, 15) is 0 Å². The fraction of sp³-hybridized carbons (Fsp3) is 0.375. The molecule has 2 nitrogen and oxygen atoms in total. The van der Waals surface area contributed by atoms with Crippen molar-refractivity contribution in [2.45, 2.75) is 33.6 Å². The van der Waals surface area contributed by atoms with Crippen molar-refractivity contribution < 1.29 is 52.0 Å². The number of aliphatic imine (C=N–C) groups is 1. The van der Waals surface area contributed by atoms with Crippen molar-refractivity contribution in [3.8, 4) is 0 Å². The molecule has 110 valence electrons. The van der Waals surface area contributed by atoms with Gasteiger partial charge in [-0.1, -0.05) is 25.1 Å². The molecule has 1 aliphatic carbocycles. The first-order valence-electron chi connectivity index (χ1n) is 6.41. The fourth-order valence-corrected chi connectivity index (χ4v) is 2.33. The van der Waals surface area contributed by atoms with Gasteiger partial charge in [-0.25, -0.2) is 0 Å². The van der Waals surface area contributed by atoms with Gasteiger partial charge in [0.05, 0.1) is 11.9 Å². The molecule has 2 rings (SSSR count). The number of hydrogen-bond donors (Lipinski definition) is 1. The number of aliphatic hydroxyl groups is 1. The minimum atomic E-state index is 0. The molecule has 1 unspecified atom stereocenters. The first kappa shape index (κ1) is 17.0. The minimum Gasteiger partial charge on any atom is -0.515 e. The maximum Gasteiger partial charge on any atom is 0.0827 e. The van der Waals surface area contributed by atoms with Crippen LogP contribution in [-0.4, -0.2) is 10.8 Å². The van der Waals surface area contributed by atoms with Gasteiger partial charge < -0.3 is 11.0 Å². The van der Waals surface area contributed by atoms with Gasteiger partial charge in [-0.2, -0.15) is 12.8 Å². The smallest absolute Gasteiger partial charge is 0.0827 e. The van der Waals surface area contributed by atoms with Crippen LogP contribution in [0.2, 0.25) is 0 Å². The quantitative estimate of drug-likeness (QED) is 0.551. The first-order chi connectivity index (χ1) is 8.61. The third-order valence-corrected chi connectivity index (χ3v) is 3.67. The summed E-state index contributed by atoms with van der Waals surface area (Å²) in [7, 11) is 0. The molecule has 0 radical (unpaired) electrons. The summed E-state index contributed by atoms with van der Waals surface area (Å²) in [5, 5.41) is 9.14. The Bertz CT molecular complexity index is 481. The Morgan fingerprint density at radius 2 is 2.11 bits per heavy atom. The van der Waals surface area contributed by atoms with Crippen LogP contribution in [0.25, 0.3) is 5.57 Å². The van der Waals surface area contributed by atoms with Crippen molar-refractivity contribution in [2.24, 2.45) is 10.9 Å². The third kappa shape index (κ3) is 4.21. The number of nitrogens with zero attached hydrogens (tertiary/aromatic N) is 1. The Hall–Kier alpha value is -0.0505. The third-order valence-electron chi connectivity index (χ3n) is 3.67. The van der Waals surface area contributed by atoms with Gasteiger partial charge in [0, 0.05) is 52.5 Å². The van der Waals surface area contributed by atoms with Gasteiger partial charge in [0.2, 0.25) is 0 Å². The molecule has 0 heterocycles. The molecular formula is C16H20NOYb-. The predicted molar refractivity (Wildman–Crippen MR) is 77.1 cm³/mol. The summed E-state index contributed by atoms with van der Waals surface area (Å²) in [6.07, 6.45) is 3.22. The zero-order chi connectivity index (χ0) is 13.1. The van der Waals surface area contributed by atoms with Crippen molar-refractivity contribution in [1.29, 1.82) is 0 Å². The minimum absolute atomic E-state index is 0. The van der Waals surface area contributed by atoms with Crippen molar-refractivity contribution >= 4 is 17.0 Å². The summed E-state index contributed by atoms with van der Waals surface area (Å²) in [4.78, 5) is 4.77. The second-order valence-electron chi connectivity index (χ2n) is 5.14. The predicted octanol–water partition coefficient (Wildman–Crippen LogP) is 4.70. The average Bonchev–Trinajstić information content (AvgIpc) is 2.68. The van der Waals surface area contributed by atoms with E-state index in [1.54, 1.807) is 0 Å². The van der Waals surface area contributed by atoms with Crippen LogP contribution in [-0.2, 0) is 0 Å². The Morgan fingerprint density at radius 3 is 2.68 bits per heavy atom. The van der Waals surface area contributed by atoms with Gasteiger partial charge in [-0.15, -0.1) is 6.42 Å². The second kappa shape index (κ2) is 7.66. The molecule has 1 aromatic rings. The van der Waals surface area contributed by atoms with Crippen LogP contribution in [0.4, 0.5) is 5.69 Å². The van der Waals surface area contributed by atoms with E-state index in [0.29, 0.717) is 5.92 Å². The van der Waals surface area contributed by atoms with E-state index in [0.717, 1.165) is 35.9 Å². The van der Waals surface area contributed by atoms with Crippen LogP contribution in [0.3, 0.4) is 0 Å². The largest absolute Gasteiger partial charge is 0.515 e. The molecule has 1 aliphatic rings. The van der Waals surface area contributed by atoms with Crippen LogP contribution in [0.5, 0.6) is 0 Å². The molecule has 0 spiro atoms. The van der Waals surface area contributed by atoms with Crippen molar-refractivity contribution in [2.75, 3.05) is 0 Å². The summed E-state index contributed by atoms with van der Waals surface area (Å²) < 4.78 is 0. The first-order valence-corrected chi connectivity index (χ1v) is 6.41. The average molecular weight is 415 g/mol. The number of benzene rings is 1. The van der Waals surface area contributed by atoms with E-state index >= 15 is 0 Å².